The number of furan rings is 1. The highest BCUT2D eigenvalue weighted by Crippen LogP contribution is 2.43. The summed E-state index contributed by atoms with van der Waals surface area (Å²) < 4.78 is 6.45. The number of fused-ring (bicyclic) bond motifs is 4. The summed E-state index contributed by atoms with van der Waals surface area (Å²) in [5.41, 5.74) is 12.2. The van der Waals surface area contributed by atoms with Crippen molar-refractivity contribution in [2.24, 2.45) is 0 Å². The topological polar surface area (TPSA) is 16.4 Å². The van der Waals surface area contributed by atoms with Crippen LogP contribution in [0.4, 0.5) is 17.1 Å². The van der Waals surface area contributed by atoms with Crippen LogP contribution in [-0.4, -0.2) is 0 Å². The van der Waals surface area contributed by atoms with Crippen molar-refractivity contribution in [1.82, 2.24) is 0 Å². The molecule has 0 spiro atoms. The Hall–Kier alpha value is -7.16. The molecule has 0 saturated heterocycles. The Bertz CT molecular complexity index is 2890. The Labute approximate surface area is 314 Å². The molecule has 1 heterocycles. The highest BCUT2D eigenvalue weighted by atomic mass is 16.3. The molecule has 0 N–H and O–H groups in total. The van der Waals surface area contributed by atoms with E-state index in [0.29, 0.717) is 0 Å². The van der Waals surface area contributed by atoms with Gasteiger partial charge in [0.05, 0.1) is 5.69 Å². The van der Waals surface area contributed by atoms with E-state index < -0.39 is 0 Å². The molecule has 54 heavy (non-hydrogen) atoms. The molecule has 2 heteroatoms. The second-order valence-electron chi connectivity index (χ2n) is 13.8. The standard InChI is InChI=1S/C52H35NO/c1-2-11-36(12-3-1)40-15-10-16-41(33-40)37-23-28-45(29-24-37)53(50-19-8-7-18-49(50)52-35-44-14-5-9-20-51(44)54-52)46-30-25-38(26-31-46)42-27-32-48-43(34-42)22-21-39-13-4-6-17-47(39)48/h1-35H. The van der Waals surface area contributed by atoms with Crippen LogP contribution in [-0.2, 0) is 0 Å². The van der Waals surface area contributed by atoms with E-state index in [4.69, 9.17) is 4.42 Å². The van der Waals surface area contributed by atoms with Gasteiger partial charge in [0.2, 0.25) is 0 Å². The van der Waals surface area contributed by atoms with Crippen LogP contribution in [0.25, 0.3) is 77.2 Å². The fourth-order valence-electron chi connectivity index (χ4n) is 7.73. The second kappa shape index (κ2) is 13.4. The minimum absolute atomic E-state index is 0.839. The second-order valence-corrected chi connectivity index (χ2v) is 13.8. The van der Waals surface area contributed by atoms with Crippen molar-refractivity contribution in [1.29, 1.82) is 0 Å². The molecule has 0 bridgehead atoms. The van der Waals surface area contributed by atoms with Crippen LogP contribution in [0.1, 0.15) is 0 Å². The quantitative estimate of drug-likeness (QED) is 0.155. The van der Waals surface area contributed by atoms with Crippen LogP contribution in [0, 0.1) is 0 Å². The van der Waals surface area contributed by atoms with Gasteiger partial charge in [-0.2, -0.15) is 0 Å². The smallest absolute Gasteiger partial charge is 0.137 e. The predicted molar refractivity (Wildman–Crippen MR) is 228 cm³/mol. The van der Waals surface area contributed by atoms with E-state index in [0.717, 1.165) is 39.4 Å². The molecule has 0 unspecified atom stereocenters. The lowest BCUT2D eigenvalue weighted by atomic mass is 9.97. The number of nitrogens with zero attached hydrogens (tertiary/aromatic N) is 1. The van der Waals surface area contributed by atoms with E-state index in [1.807, 2.05) is 12.1 Å². The monoisotopic (exact) mass is 689 g/mol. The van der Waals surface area contributed by atoms with Crippen molar-refractivity contribution in [3.05, 3.63) is 212 Å². The average Bonchev–Trinajstić information content (AvgIpc) is 3.69. The summed E-state index contributed by atoms with van der Waals surface area (Å²) in [7, 11) is 0. The Kier molecular flexibility index (Phi) is 7.85. The number of rotatable bonds is 7. The summed E-state index contributed by atoms with van der Waals surface area (Å²) in [6.45, 7) is 0. The lowest BCUT2D eigenvalue weighted by Crippen LogP contribution is -2.11. The molecule has 0 aliphatic heterocycles. The first kappa shape index (κ1) is 31.6. The summed E-state index contributed by atoms with van der Waals surface area (Å²) in [5, 5.41) is 6.15. The first-order valence-electron chi connectivity index (χ1n) is 18.4. The highest BCUT2D eigenvalue weighted by molar-refractivity contribution is 6.08. The third-order valence-corrected chi connectivity index (χ3v) is 10.5. The molecule has 1 aromatic heterocycles. The largest absolute Gasteiger partial charge is 0.456 e. The average molecular weight is 690 g/mol. The van der Waals surface area contributed by atoms with E-state index in [1.165, 1.54) is 54.9 Å². The molecule has 0 aliphatic rings. The summed E-state index contributed by atoms with van der Waals surface area (Å²) >= 11 is 0. The van der Waals surface area contributed by atoms with Gasteiger partial charge in [-0.25, -0.2) is 0 Å². The Balaban J connectivity index is 1.06. The van der Waals surface area contributed by atoms with Gasteiger partial charge in [0.15, 0.2) is 0 Å². The zero-order valence-corrected chi connectivity index (χ0v) is 29.6. The summed E-state index contributed by atoms with van der Waals surface area (Å²) in [4.78, 5) is 2.34. The molecule has 0 saturated carbocycles. The molecule has 9 aromatic carbocycles. The lowest BCUT2D eigenvalue weighted by molar-refractivity contribution is 0.631. The van der Waals surface area contributed by atoms with Gasteiger partial charge in [-0.15, -0.1) is 0 Å². The van der Waals surface area contributed by atoms with Crippen molar-refractivity contribution >= 4 is 49.6 Å². The van der Waals surface area contributed by atoms with Crippen LogP contribution in [0.5, 0.6) is 0 Å². The Morgan fingerprint density at radius 1 is 0.315 bits per heavy atom. The van der Waals surface area contributed by atoms with Crippen LogP contribution >= 0.6 is 0 Å². The van der Waals surface area contributed by atoms with Crippen molar-refractivity contribution in [2.45, 2.75) is 0 Å². The minimum Gasteiger partial charge on any atom is -0.456 e. The molecule has 10 aromatic rings. The van der Waals surface area contributed by atoms with Gasteiger partial charge in [-0.05, 0) is 116 Å². The Morgan fingerprint density at radius 2 is 0.852 bits per heavy atom. The van der Waals surface area contributed by atoms with Crippen molar-refractivity contribution in [2.75, 3.05) is 4.90 Å². The van der Waals surface area contributed by atoms with Crippen molar-refractivity contribution in [3.63, 3.8) is 0 Å². The SMILES string of the molecule is c1ccc(-c2cccc(-c3ccc(N(c4ccc(-c5ccc6c(ccc7ccccc76)c5)cc4)c4ccccc4-c4cc5ccccc5o4)cc3)c2)cc1. The number of hydrogen-bond acceptors (Lipinski definition) is 2. The first-order valence-corrected chi connectivity index (χ1v) is 18.4. The van der Waals surface area contributed by atoms with Gasteiger partial charge >= 0.3 is 0 Å². The maximum Gasteiger partial charge on any atom is 0.137 e. The maximum atomic E-state index is 6.45. The number of para-hydroxylation sites is 2. The molecular formula is C52H35NO. The fraction of sp³-hybridized carbons (Fsp3) is 0. The van der Waals surface area contributed by atoms with Crippen LogP contribution in [0.15, 0.2) is 217 Å². The molecule has 0 amide bonds. The van der Waals surface area contributed by atoms with Gasteiger partial charge in [-0.1, -0.05) is 152 Å². The normalized spacial score (nSPS) is 11.3. The minimum atomic E-state index is 0.839. The van der Waals surface area contributed by atoms with E-state index in [2.05, 4.69) is 205 Å². The molecule has 0 radical (unpaired) electrons. The van der Waals surface area contributed by atoms with Crippen LogP contribution < -0.4 is 4.90 Å². The number of benzene rings is 9. The van der Waals surface area contributed by atoms with Gasteiger partial charge < -0.3 is 9.32 Å². The fourth-order valence-corrected chi connectivity index (χ4v) is 7.73. The maximum absolute atomic E-state index is 6.45. The van der Waals surface area contributed by atoms with E-state index in [9.17, 15) is 0 Å². The van der Waals surface area contributed by atoms with Gasteiger partial charge in [0.1, 0.15) is 11.3 Å². The number of anilines is 3. The van der Waals surface area contributed by atoms with E-state index in [-0.39, 0.29) is 0 Å². The molecular weight excluding hydrogens is 655 g/mol. The van der Waals surface area contributed by atoms with Crippen LogP contribution in [0.2, 0.25) is 0 Å². The summed E-state index contributed by atoms with van der Waals surface area (Å²) in [6, 6.07) is 75.8. The zero-order chi connectivity index (χ0) is 35.8. The molecule has 2 nitrogen and oxygen atoms in total. The third-order valence-electron chi connectivity index (χ3n) is 10.5. The highest BCUT2D eigenvalue weighted by Gasteiger charge is 2.19. The molecule has 0 aliphatic carbocycles. The Morgan fingerprint density at radius 3 is 1.59 bits per heavy atom. The number of hydrogen-bond donors (Lipinski definition) is 0. The molecule has 10 rings (SSSR count). The summed E-state index contributed by atoms with van der Waals surface area (Å²) in [6.07, 6.45) is 0. The van der Waals surface area contributed by atoms with E-state index in [1.54, 1.807) is 0 Å². The molecule has 0 fully saturated rings. The zero-order valence-electron chi connectivity index (χ0n) is 29.6. The van der Waals surface area contributed by atoms with Gasteiger partial charge in [0, 0.05) is 22.3 Å². The van der Waals surface area contributed by atoms with Gasteiger partial charge in [-0.3, -0.25) is 0 Å². The molecule has 254 valence electrons. The summed E-state index contributed by atoms with van der Waals surface area (Å²) in [5.74, 6) is 0.839. The van der Waals surface area contributed by atoms with Crippen LogP contribution in [0.3, 0.4) is 0 Å². The third kappa shape index (κ3) is 5.81. The lowest BCUT2D eigenvalue weighted by Gasteiger charge is -2.27. The molecule has 0 atom stereocenters. The van der Waals surface area contributed by atoms with Gasteiger partial charge in [0.25, 0.3) is 0 Å². The van der Waals surface area contributed by atoms with Crippen molar-refractivity contribution in [3.8, 4) is 44.7 Å². The first-order chi connectivity index (χ1) is 26.7. The van der Waals surface area contributed by atoms with Crippen molar-refractivity contribution < 1.29 is 4.42 Å². The predicted octanol–water partition coefficient (Wildman–Crippen LogP) is 14.9. The van der Waals surface area contributed by atoms with E-state index >= 15 is 0 Å².